The zero-order valence-electron chi connectivity index (χ0n) is 10.0. The molecule has 1 saturated heterocycles. The summed E-state index contributed by atoms with van der Waals surface area (Å²) in [7, 11) is -3.35. The standard InChI is InChI=1S/C11H17NO3S2/c1-8-7-11(16-9(8)2)17(14,15)12-5-3-10(13)4-6-12/h7,10,13H,3-6H2,1-2H3. The second-order valence-corrected chi connectivity index (χ2v) is 7.86. The average molecular weight is 275 g/mol. The molecule has 4 nitrogen and oxygen atoms in total. The van der Waals surface area contributed by atoms with E-state index >= 15 is 0 Å². The van der Waals surface area contributed by atoms with Gasteiger partial charge in [0.15, 0.2) is 0 Å². The van der Waals surface area contributed by atoms with Crippen LogP contribution in [0.15, 0.2) is 10.3 Å². The zero-order chi connectivity index (χ0) is 12.6. The van der Waals surface area contributed by atoms with E-state index in [1.165, 1.54) is 15.6 Å². The predicted molar refractivity (Wildman–Crippen MR) is 67.8 cm³/mol. The second kappa shape index (κ2) is 4.68. The maximum atomic E-state index is 12.3. The Morgan fingerprint density at radius 3 is 2.41 bits per heavy atom. The predicted octanol–water partition coefficient (Wildman–Crippen LogP) is 1.51. The van der Waals surface area contributed by atoms with Gasteiger partial charge in [-0.2, -0.15) is 4.31 Å². The van der Waals surface area contributed by atoms with Gasteiger partial charge in [-0.3, -0.25) is 0 Å². The van der Waals surface area contributed by atoms with Crippen LogP contribution >= 0.6 is 11.3 Å². The van der Waals surface area contributed by atoms with Gasteiger partial charge in [0.1, 0.15) is 4.21 Å². The molecule has 0 spiro atoms. The van der Waals surface area contributed by atoms with Gasteiger partial charge in [0.2, 0.25) is 0 Å². The molecule has 1 N–H and O–H groups in total. The number of hydrogen-bond acceptors (Lipinski definition) is 4. The van der Waals surface area contributed by atoms with Crippen LogP contribution in [0, 0.1) is 13.8 Å². The molecule has 96 valence electrons. The molecular formula is C11H17NO3S2. The number of rotatable bonds is 2. The van der Waals surface area contributed by atoms with Crippen LogP contribution in [0.3, 0.4) is 0 Å². The molecular weight excluding hydrogens is 258 g/mol. The molecule has 0 atom stereocenters. The molecule has 2 rings (SSSR count). The fraction of sp³-hybridized carbons (Fsp3) is 0.636. The number of sulfonamides is 1. The van der Waals surface area contributed by atoms with Crippen LogP contribution in [0.4, 0.5) is 0 Å². The van der Waals surface area contributed by atoms with Crippen LogP contribution in [0.1, 0.15) is 23.3 Å². The van der Waals surface area contributed by atoms with E-state index in [2.05, 4.69) is 0 Å². The number of hydrogen-bond donors (Lipinski definition) is 1. The number of thiophene rings is 1. The summed E-state index contributed by atoms with van der Waals surface area (Å²) in [5.41, 5.74) is 1.02. The molecule has 17 heavy (non-hydrogen) atoms. The minimum absolute atomic E-state index is 0.353. The quantitative estimate of drug-likeness (QED) is 0.890. The fourth-order valence-electron chi connectivity index (χ4n) is 1.88. The van der Waals surface area contributed by atoms with Gasteiger partial charge in [0.25, 0.3) is 10.0 Å². The summed E-state index contributed by atoms with van der Waals surface area (Å²) in [6, 6.07) is 1.74. The Kier molecular flexibility index (Phi) is 3.58. The lowest BCUT2D eigenvalue weighted by molar-refractivity contribution is 0.113. The molecule has 1 fully saturated rings. The SMILES string of the molecule is Cc1cc(S(=O)(=O)N2CCC(O)CC2)sc1C. The number of piperidine rings is 1. The minimum Gasteiger partial charge on any atom is -0.393 e. The molecule has 2 heterocycles. The summed E-state index contributed by atoms with van der Waals surface area (Å²) in [6.07, 6.45) is 0.707. The van der Waals surface area contributed by atoms with Crippen molar-refractivity contribution in [2.24, 2.45) is 0 Å². The van der Waals surface area contributed by atoms with Crippen molar-refractivity contribution in [1.29, 1.82) is 0 Å². The topological polar surface area (TPSA) is 57.6 Å². The summed E-state index contributed by atoms with van der Waals surface area (Å²) in [4.78, 5) is 1.04. The van der Waals surface area contributed by atoms with Crippen molar-refractivity contribution in [1.82, 2.24) is 4.31 Å². The Balaban J connectivity index is 2.24. The first-order valence-electron chi connectivity index (χ1n) is 5.66. The largest absolute Gasteiger partial charge is 0.393 e. The van der Waals surface area contributed by atoms with Crippen molar-refractivity contribution < 1.29 is 13.5 Å². The van der Waals surface area contributed by atoms with E-state index in [-0.39, 0.29) is 6.10 Å². The maximum Gasteiger partial charge on any atom is 0.252 e. The van der Waals surface area contributed by atoms with Gasteiger partial charge in [-0.05, 0) is 38.3 Å². The van der Waals surface area contributed by atoms with Crippen molar-refractivity contribution in [2.75, 3.05) is 13.1 Å². The molecule has 1 aromatic heterocycles. The van der Waals surface area contributed by atoms with Crippen molar-refractivity contribution in [3.05, 3.63) is 16.5 Å². The Morgan fingerprint density at radius 2 is 1.94 bits per heavy atom. The van der Waals surface area contributed by atoms with E-state index < -0.39 is 10.0 Å². The Hall–Kier alpha value is -0.430. The summed E-state index contributed by atoms with van der Waals surface area (Å²) < 4.78 is 26.5. The van der Waals surface area contributed by atoms with Crippen molar-refractivity contribution in [3.8, 4) is 0 Å². The van der Waals surface area contributed by atoms with E-state index in [1.807, 2.05) is 13.8 Å². The van der Waals surface area contributed by atoms with Crippen LogP contribution in [0.25, 0.3) is 0 Å². The monoisotopic (exact) mass is 275 g/mol. The third-order valence-corrected chi connectivity index (χ3v) is 6.66. The first-order valence-corrected chi connectivity index (χ1v) is 7.92. The Bertz CT molecular complexity index is 479. The lowest BCUT2D eigenvalue weighted by Crippen LogP contribution is -2.39. The average Bonchev–Trinajstić information content (AvgIpc) is 2.60. The molecule has 6 heteroatoms. The molecule has 0 radical (unpaired) electrons. The number of aryl methyl sites for hydroxylation is 2. The van der Waals surface area contributed by atoms with E-state index in [0.717, 1.165) is 10.4 Å². The Morgan fingerprint density at radius 1 is 1.35 bits per heavy atom. The molecule has 0 saturated carbocycles. The van der Waals surface area contributed by atoms with E-state index in [0.29, 0.717) is 30.1 Å². The summed E-state index contributed by atoms with van der Waals surface area (Å²) >= 11 is 1.32. The van der Waals surface area contributed by atoms with Crippen molar-refractivity contribution in [3.63, 3.8) is 0 Å². The summed E-state index contributed by atoms with van der Waals surface area (Å²) in [6.45, 7) is 4.68. The lowest BCUT2D eigenvalue weighted by Gasteiger charge is -2.28. The van der Waals surface area contributed by atoms with Crippen LogP contribution < -0.4 is 0 Å². The van der Waals surface area contributed by atoms with Gasteiger partial charge in [-0.1, -0.05) is 0 Å². The first kappa shape index (κ1) is 13.0. The molecule has 0 bridgehead atoms. The van der Waals surface area contributed by atoms with Gasteiger partial charge in [0.05, 0.1) is 6.10 Å². The van der Waals surface area contributed by atoms with Crippen LogP contribution in [0.2, 0.25) is 0 Å². The highest BCUT2D eigenvalue weighted by Gasteiger charge is 2.29. The highest BCUT2D eigenvalue weighted by atomic mass is 32.2. The van der Waals surface area contributed by atoms with Crippen LogP contribution in [0.5, 0.6) is 0 Å². The van der Waals surface area contributed by atoms with E-state index in [1.54, 1.807) is 6.07 Å². The van der Waals surface area contributed by atoms with Gasteiger partial charge < -0.3 is 5.11 Å². The smallest absolute Gasteiger partial charge is 0.252 e. The number of aliphatic hydroxyl groups excluding tert-OH is 1. The number of nitrogens with zero attached hydrogens (tertiary/aromatic N) is 1. The van der Waals surface area contributed by atoms with Gasteiger partial charge in [-0.25, -0.2) is 8.42 Å². The minimum atomic E-state index is -3.35. The van der Waals surface area contributed by atoms with E-state index in [9.17, 15) is 13.5 Å². The van der Waals surface area contributed by atoms with Crippen molar-refractivity contribution >= 4 is 21.4 Å². The highest BCUT2D eigenvalue weighted by molar-refractivity contribution is 7.91. The molecule has 0 unspecified atom stereocenters. The third-order valence-electron chi connectivity index (χ3n) is 3.16. The fourth-order valence-corrected chi connectivity index (χ4v) is 5.02. The van der Waals surface area contributed by atoms with Gasteiger partial charge >= 0.3 is 0 Å². The van der Waals surface area contributed by atoms with E-state index in [4.69, 9.17) is 0 Å². The number of aliphatic hydroxyl groups is 1. The maximum absolute atomic E-state index is 12.3. The second-order valence-electron chi connectivity index (χ2n) is 4.44. The molecule has 0 amide bonds. The third kappa shape index (κ3) is 2.54. The van der Waals surface area contributed by atoms with Gasteiger partial charge in [0, 0.05) is 18.0 Å². The van der Waals surface area contributed by atoms with Gasteiger partial charge in [-0.15, -0.1) is 11.3 Å². The van der Waals surface area contributed by atoms with Crippen LogP contribution in [-0.2, 0) is 10.0 Å². The highest BCUT2D eigenvalue weighted by Crippen LogP contribution is 2.29. The Labute approximate surface area is 106 Å². The molecule has 1 aromatic rings. The first-order chi connectivity index (χ1) is 7.91. The zero-order valence-corrected chi connectivity index (χ0v) is 11.6. The molecule has 0 aliphatic carbocycles. The molecule has 1 aliphatic rings. The molecule has 0 aromatic carbocycles. The lowest BCUT2D eigenvalue weighted by atomic mass is 10.1. The summed E-state index contributed by atoms with van der Waals surface area (Å²) in [5, 5.41) is 9.39. The van der Waals surface area contributed by atoms with Crippen LogP contribution in [-0.4, -0.2) is 37.0 Å². The molecule has 1 aliphatic heterocycles. The summed E-state index contributed by atoms with van der Waals surface area (Å²) in [5.74, 6) is 0. The van der Waals surface area contributed by atoms with Crippen molar-refractivity contribution in [2.45, 2.75) is 37.0 Å². The normalized spacial score (nSPS) is 19.7.